The lowest BCUT2D eigenvalue weighted by Gasteiger charge is -2.12. The minimum Gasteiger partial charge on any atom is -0.493 e. The highest BCUT2D eigenvalue weighted by atomic mass is 79.9. The number of anilines is 1. The van der Waals surface area contributed by atoms with Crippen LogP contribution in [0.4, 0.5) is 11.4 Å². The number of carbonyl (C=O) groups is 2. The predicted octanol–water partition coefficient (Wildman–Crippen LogP) is 6.44. The van der Waals surface area contributed by atoms with E-state index in [2.05, 4.69) is 38.1 Å². The number of allylic oxidation sites excluding steroid dienone is 1. The minimum atomic E-state index is -0.773. The average molecular weight is 572 g/mol. The topological polar surface area (TPSA) is 99.3 Å². The second-order valence-electron chi connectivity index (χ2n) is 8.60. The molecule has 192 valence electrons. The Morgan fingerprint density at radius 3 is 2.45 bits per heavy atom. The van der Waals surface area contributed by atoms with Gasteiger partial charge in [-0.05, 0) is 54.1 Å². The van der Waals surface area contributed by atoms with Crippen molar-refractivity contribution >= 4 is 56.1 Å². The molecule has 2 N–H and O–H groups in total. The van der Waals surface area contributed by atoms with Crippen molar-refractivity contribution < 1.29 is 14.7 Å². The van der Waals surface area contributed by atoms with Gasteiger partial charge in [-0.15, -0.1) is 16.8 Å². The zero-order valence-electron chi connectivity index (χ0n) is 20.9. The molecule has 0 spiro atoms. The quantitative estimate of drug-likeness (QED) is 0.144. The molecule has 0 aliphatic heterocycles. The Hall–Kier alpha value is -4.50. The van der Waals surface area contributed by atoms with Crippen molar-refractivity contribution in [1.82, 2.24) is 9.88 Å². The number of nitrogens with zero attached hydrogens (tertiary/aromatic N) is 4. The monoisotopic (exact) mass is 571 g/mol. The van der Waals surface area contributed by atoms with E-state index in [9.17, 15) is 14.7 Å². The number of rotatable bonds is 8. The van der Waals surface area contributed by atoms with Crippen LogP contribution in [0.2, 0.25) is 0 Å². The maximum Gasteiger partial charge on any atom is 0.311 e. The van der Waals surface area contributed by atoms with Crippen LogP contribution in [-0.2, 0) is 11.3 Å². The van der Waals surface area contributed by atoms with Crippen molar-refractivity contribution in [2.24, 2.45) is 10.2 Å². The molecule has 0 aliphatic rings. The molecule has 3 aromatic carbocycles. The molecule has 2 amide bonds. The van der Waals surface area contributed by atoms with Gasteiger partial charge in [0, 0.05) is 41.7 Å². The first-order chi connectivity index (χ1) is 18.3. The summed E-state index contributed by atoms with van der Waals surface area (Å²) in [6.45, 7) is 4.08. The summed E-state index contributed by atoms with van der Waals surface area (Å²) in [6, 6.07) is 21.5. The summed E-state index contributed by atoms with van der Waals surface area (Å²) in [4.78, 5) is 28.1. The van der Waals surface area contributed by atoms with Crippen LogP contribution < -0.4 is 10.2 Å². The molecule has 0 atom stereocenters. The molecule has 0 saturated carbocycles. The number of hydrogen-bond donors (Lipinski definition) is 2. The first kappa shape index (κ1) is 26.6. The highest BCUT2D eigenvalue weighted by molar-refractivity contribution is 9.10. The van der Waals surface area contributed by atoms with Crippen LogP contribution in [0.5, 0.6) is 5.88 Å². The number of hydrogen-bond acceptors (Lipinski definition) is 5. The van der Waals surface area contributed by atoms with E-state index < -0.39 is 11.8 Å². The molecule has 4 aromatic rings. The van der Waals surface area contributed by atoms with Crippen molar-refractivity contribution in [2.45, 2.75) is 6.54 Å². The fourth-order valence-electron chi connectivity index (χ4n) is 3.83. The largest absolute Gasteiger partial charge is 0.493 e. The van der Waals surface area contributed by atoms with E-state index in [0.717, 1.165) is 10.2 Å². The molecule has 0 unspecified atom stereocenters. The third kappa shape index (κ3) is 5.90. The fraction of sp³-hybridized carbons (Fsp3) is 0.103. The van der Waals surface area contributed by atoms with Gasteiger partial charge >= 0.3 is 5.91 Å². The number of fused-ring (bicyclic) bond motifs is 1. The lowest BCUT2D eigenvalue weighted by molar-refractivity contribution is -0.115. The highest BCUT2D eigenvalue weighted by Gasteiger charge is 2.19. The van der Waals surface area contributed by atoms with Gasteiger partial charge in [0.15, 0.2) is 5.69 Å². The Balaban J connectivity index is 1.72. The molecule has 0 fully saturated rings. The van der Waals surface area contributed by atoms with Crippen molar-refractivity contribution in [3.8, 4) is 5.88 Å². The SMILES string of the molecule is C=CCn1c(O)c(N=NC(=O)/C(=C/c2ccc(N(C)C)cc2)NC(=O)c2ccccc2)c2cc(Br)ccc21. The number of halogens is 1. The zero-order chi connectivity index (χ0) is 27.2. The van der Waals surface area contributed by atoms with Crippen LogP contribution in [-0.4, -0.2) is 35.6 Å². The van der Waals surface area contributed by atoms with E-state index in [1.807, 2.05) is 55.4 Å². The van der Waals surface area contributed by atoms with Crippen molar-refractivity contribution in [3.63, 3.8) is 0 Å². The summed E-state index contributed by atoms with van der Waals surface area (Å²) in [5.74, 6) is -1.38. The van der Waals surface area contributed by atoms with E-state index in [1.54, 1.807) is 53.1 Å². The van der Waals surface area contributed by atoms with Gasteiger partial charge in [0.2, 0.25) is 5.88 Å². The van der Waals surface area contributed by atoms with Gasteiger partial charge in [0.25, 0.3) is 5.91 Å². The Morgan fingerprint density at radius 1 is 1.08 bits per heavy atom. The molecule has 0 bridgehead atoms. The van der Waals surface area contributed by atoms with E-state index in [-0.39, 0.29) is 17.3 Å². The number of amides is 2. The van der Waals surface area contributed by atoms with Crippen LogP contribution in [0, 0.1) is 0 Å². The van der Waals surface area contributed by atoms with Crippen LogP contribution in [0.15, 0.2) is 106 Å². The third-order valence-corrected chi connectivity index (χ3v) is 6.25. The highest BCUT2D eigenvalue weighted by Crippen LogP contribution is 2.40. The lowest BCUT2D eigenvalue weighted by Crippen LogP contribution is -2.26. The van der Waals surface area contributed by atoms with Gasteiger partial charge < -0.3 is 19.9 Å². The first-order valence-corrected chi connectivity index (χ1v) is 12.5. The zero-order valence-corrected chi connectivity index (χ0v) is 22.5. The molecule has 9 heteroatoms. The third-order valence-electron chi connectivity index (χ3n) is 5.76. The molecule has 8 nitrogen and oxygen atoms in total. The summed E-state index contributed by atoms with van der Waals surface area (Å²) in [5.41, 5.74) is 2.86. The molecule has 0 aliphatic carbocycles. The Morgan fingerprint density at radius 2 is 1.79 bits per heavy atom. The van der Waals surface area contributed by atoms with Crippen LogP contribution >= 0.6 is 15.9 Å². The number of benzene rings is 3. The fourth-order valence-corrected chi connectivity index (χ4v) is 4.19. The van der Waals surface area contributed by atoms with Gasteiger partial charge in [0.05, 0.1) is 5.52 Å². The van der Waals surface area contributed by atoms with Crippen LogP contribution in [0.3, 0.4) is 0 Å². The van der Waals surface area contributed by atoms with E-state index in [1.165, 1.54) is 0 Å². The maximum absolute atomic E-state index is 13.2. The number of aromatic nitrogens is 1. The molecule has 0 radical (unpaired) electrons. The molecule has 0 saturated heterocycles. The van der Waals surface area contributed by atoms with E-state index >= 15 is 0 Å². The number of azo groups is 1. The summed E-state index contributed by atoms with van der Waals surface area (Å²) >= 11 is 3.43. The normalized spacial score (nSPS) is 11.6. The maximum atomic E-state index is 13.2. The summed E-state index contributed by atoms with van der Waals surface area (Å²) in [6.07, 6.45) is 3.19. The average Bonchev–Trinajstić information content (AvgIpc) is 3.17. The van der Waals surface area contributed by atoms with Gasteiger partial charge in [-0.2, -0.15) is 0 Å². The Kier molecular flexibility index (Phi) is 8.18. The second-order valence-corrected chi connectivity index (χ2v) is 9.52. The Bertz CT molecular complexity index is 1550. The van der Waals surface area contributed by atoms with Gasteiger partial charge in [-0.25, -0.2) is 0 Å². The molecule has 1 aromatic heterocycles. The summed E-state index contributed by atoms with van der Waals surface area (Å²) in [5, 5.41) is 22.1. The van der Waals surface area contributed by atoms with Crippen molar-refractivity contribution in [1.29, 1.82) is 0 Å². The van der Waals surface area contributed by atoms with Gasteiger partial charge in [-0.1, -0.05) is 52.3 Å². The molecular formula is C29H26BrN5O3. The van der Waals surface area contributed by atoms with Crippen LogP contribution in [0.25, 0.3) is 17.0 Å². The molecule has 1 heterocycles. The molecular weight excluding hydrogens is 546 g/mol. The van der Waals surface area contributed by atoms with Gasteiger partial charge in [-0.3, -0.25) is 9.59 Å². The van der Waals surface area contributed by atoms with E-state index in [4.69, 9.17) is 0 Å². The first-order valence-electron chi connectivity index (χ1n) is 11.7. The predicted molar refractivity (Wildman–Crippen MR) is 154 cm³/mol. The van der Waals surface area contributed by atoms with Crippen molar-refractivity contribution in [3.05, 3.63) is 107 Å². The van der Waals surface area contributed by atoms with Crippen LogP contribution in [0.1, 0.15) is 15.9 Å². The number of aromatic hydroxyl groups is 1. The summed E-state index contributed by atoms with van der Waals surface area (Å²) in [7, 11) is 3.86. The Labute approximate surface area is 228 Å². The number of nitrogens with one attached hydrogen (secondary N) is 1. The standard InChI is InChI=1S/C29H26BrN5O3/c1-4-16-35-25-15-12-21(30)18-23(25)26(29(35)38)32-33-28(37)24(31-27(36)20-8-6-5-7-9-20)17-19-10-13-22(14-11-19)34(2)3/h4-15,17-18,38H,1,16H2,2-3H3,(H,31,36)/b24-17-,33-32?. The number of carbonyl (C=O) groups excluding carboxylic acids is 2. The van der Waals surface area contributed by atoms with Crippen molar-refractivity contribution in [2.75, 3.05) is 19.0 Å². The van der Waals surface area contributed by atoms with E-state index in [0.29, 0.717) is 28.6 Å². The lowest BCUT2D eigenvalue weighted by atomic mass is 10.1. The smallest absolute Gasteiger partial charge is 0.311 e. The summed E-state index contributed by atoms with van der Waals surface area (Å²) < 4.78 is 2.40. The molecule has 38 heavy (non-hydrogen) atoms. The minimum absolute atomic E-state index is 0.0595. The van der Waals surface area contributed by atoms with Gasteiger partial charge in [0.1, 0.15) is 5.70 Å². The molecule has 4 rings (SSSR count). The second kappa shape index (κ2) is 11.7.